The molecule has 0 saturated heterocycles. The van der Waals surface area contributed by atoms with Gasteiger partial charge in [0.1, 0.15) is 5.75 Å². The molecule has 0 aliphatic carbocycles. The van der Waals surface area contributed by atoms with Crippen LogP contribution < -0.4 is 10.5 Å². The summed E-state index contributed by atoms with van der Waals surface area (Å²) in [6.07, 6.45) is -0.334. The second kappa shape index (κ2) is 4.78. The van der Waals surface area contributed by atoms with Gasteiger partial charge in [0.2, 0.25) is 0 Å². The molecule has 2 nitrogen and oxygen atoms in total. The minimum atomic E-state index is -2.87. The van der Waals surface area contributed by atoms with Gasteiger partial charge in [-0.1, -0.05) is 0 Å². The predicted octanol–water partition coefficient (Wildman–Crippen LogP) is 2.75. The minimum Gasteiger partial charge on any atom is -0.496 e. The predicted molar refractivity (Wildman–Crippen MR) is 60.0 cm³/mol. The molecule has 90 valence electrons. The van der Waals surface area contributed by atoms with E-state index >= 15 is 0 Å². The lowest BCUT2D eigenvalue weighted by atomic mass is 9.96. The molecule has 1 aromatic rings. The smallest absolute Gasteiger partial charge is 0.274 e. The molecule has 0 radical (unpaired) electrons. The van der Waals surface area contributed by atoms with Gasteiger partial charge in [0, 0.05) is 12.0 Å². The summed E-state index contributed by atoms with van der Waals surface area (Å²) in [5, 5.41) is 0. The summed E-state index contributed by atoms with van der Waals surface area (Å²) in [4.78, 5) is 0. The third kappa shape index (κ3) is 2.32. The highest BCUT2D eigenvalue weighted by Gasteiger charge is 2.32. The van der Waals surface area contributed by atoms with Gasteiger partial charge in [-0.3, -0.25) is 0 Å². The molecule has 2 N–H and O–H groups in total. The Morgan fingerprint density at radius 2 is 1.88 bits per heavy atom. The molecule has 0 spiro atoms. The monoisotopic (exact) mass is 229 g/mol. The van der Waals surface area contributed by atoms with Gasteiger partial charge in [-0.05, 0) is 43.7 Å². The summed E-state index contributed by atoms with van der Waals surface area (Å²) in [5.41, 5.74) is 6.54. The molecule has 1 aromatic carbocycles. The molecule has 4 heteroatoms. The fourth-order valence-electron chi connectivity index (χ4n) is 1.73. The SMILES string of the molecule is COc1ccc(C(F)(F)CCN)c(C)c1C. The number of ether oxygens (including phenoxy) is 1. The van der Waals surface area contributed by atoms with Crippen molar-refractivity contribution >= 4 is 0 Å². The van der Waals surface area contributed by atoms with E-state index in [9.17, 15) is 8.78 Å². The normalized spacial score (nSPS) is 11.6. The first-order chi connectivity index (χ1) is 7.44. The van der Waals surface area contributed by atoms with Crippen molar-refractivity contribution in [1.82, 2.24) is 0 Å². The highest BCUT2D eigenvalue weighted by molar-refractivity contribution is 5.45. The highest BCUT2D eigenvalue weighted by Crippen LogP contribution is 2.36. The standard InChI is InChI=1S/C12H17F2NO/c1-8-9(2)11(16-3)5-4-10(8)12(13,14)6-7-15/h4-5H,6-7,15H2,1-3H3. The first-order valence-electron chi connectivity index (χ1n) is 5.16. The number of nitrogens with two attached hydrogens (primary N) is 1. The molecule has 0 saturated carbocycles. The van der Waals surface area contributed by atoms with Crippen LogP contribution in [-0.2, 0) is 5.92 Å². The van der Waals surface area contributed by atoms with Gasteiger partial charge < -0.3 is 10.5 Å². The molecular weight excluding hydrogens is 212 g/mol. The van der Waals surface area contributed by atoms with Gasteiger partial charge in [0.25, 0.3) is 5.92 Å². The van der Waals surface area contributed by atoms with Crippen LogP contribution in [0.15, 0.2) is 12.1 Å². The van der Waals surface area contributed by atoms with E-state index in [1.807, 2.05) is 0 Å². The van der Waals surface area contributed by atoms with E-state index in [-0.39, 0.29) is 18.5 Å². The van der Waals surface area contributed by atoms with E-state index in [2.05, 4.69) is 0 Å². The molecular formula is C12H17F2NO. The number of alkyl halides is 2. The van der Waals surface area contributed by atoms with E-state index in [1.54, 1.807) is 19.9 Å². The van der Waals surface area contributed by atoms with Gasteiger partial charge in [0.15, 0.2) is 0 Å². The van der Waals surface area contributed by atoms with Crippen LogP contribution in [0.2, 0.25) is 0 Å². The van der Waals surface area contributed by atoms with Crippen LogP contribution in [0.4, 0.5) is 8.78 Å². The van der Waals surface area contributed by atoms with Crippen LogP contribution in [-0.4, -0.2) is 13.7 Å². The van der Waals surface area contributed by atoms with Crippen LogP contribution in [0.25, 0.3) is 0 Å². The average Bonchev–Trinajstić information content (AvgIpc) is 2.21. The molecule has 0 aliphatic rings. The number of hydrogen-bond donors (Lipinski definition) is 1. The van der Waals surface area contributed by atoms with Crippen LogP contribution >= 0.6 is 0 Å². The van der Waals surface area contributed by atoms with Gasteiger partial charge in [-0.2, -0.15) is 0 Å². The van der Waals surface area contributed by atoms with Crippen molar-refractivity contribution in [2.24, 2.45) is 5.73 Å². The largest absolute Gasteiger partial charge is 0.496 e. The molecule has 0 bridgehead atoms. The van der Waals surface area contributed by atoms with Crippen molar-refractivity contribution in [2.75, 3.05) is 13.7 Å². The van der Waals surface area contributed by atoms with Crippen molar-refractivity contribution in [1.29, 1.82) is 0 Å². The number of hydrogen-bond acceptors (Lipinski definition) is 2. The van der Waals surface area contributed by atoms with Crippen LogP contribution in [0.1, 0.15) is 23.1 Å². The summed E-state index contributed by atoms with van der Waals surface area (Å²) in [7, 11) is 1.53. The van der Waals surface area contributed by atoms with Crippen molar-refractivity contribution in [2.45, 2.75) is 26.2 Å². The minimum absolute atomic E-state index is 0.0302. The van der Waals surface area contributed by atoms with Crippen LogP contribution in [0, 0.1) is 13.8 Å². The lowest BCUT2D eigenvalue weighted by Crippen LogP contribution is -2.20. The quantitative estimate of drug-likeness (QED) is 0.861. The van der Waals surface area contributed by atoms with Crippen molar-refractivity contribution in [3.8, 4) is 5.75 Å². The average molecular weight is 229 g/mol. The maximum Gasteiger partial charge on any atom is 0.274 e. The highest BCUT2D eigenvalue weighted by atomic mass is 19.3. The molecule has 0 atom stereocenters. The zero-order chi connectivity index (χ0) is 12.3. The Balaban J connectivity index is 3.21. The van der Waals surface area contributed by atoms with Gasteiger partial charge in [0.05, 0.1) is 7.11 Å². The Bertz CT molecular complexity index is 378. The molecule has 0 heterocycles. The first-order valence-corrected chi connectivity index (χ1v) is 5.16. The molecule has 16 heavy (non-hydrogen) atoms. The molecule has 0 fully saturated rings. The zero-order valence-electron chi connectivity index (χ0n) is 9.81. The molecule has 0 aliphatic heterocycles. The molecule has 0 aromatic heterocycles. The van der Waals surface area contributed by atoms with Gasteiger partial charge in [-0.15, -0.1) is 0 Å². The summed E-state index contributed by atoms with van der Waals surface area (Å²) >= 11 is 0. The Morgan fingerprint density at radius 1 is 1.25 bits per heavy atom. The van der Waals surface area contributed by atoms with E-state index in [0.29, 0.717) is 11.3 Å². The molecule has 1 rings (SSSR count). The second-order valence-electron chi connectivity index (χ2n) is 3.81. The number of benzene rings is 1. The second-order valence-corrected chi connectivity index (χ2v) is 3.81. The maximum atomic E-state index is 13.7. The molecule has 0 amide bonds. The third-order valence-corrected chi connectivity index (χ3v) is 2.81. The fraction of sp³-hybridized carbons (Fsp3) is 0.500. The van der Waals surface area contributed by atoms with Crippen molar-refractivity contribution in [3.05, 3.63) is 28.8 Å². The van der Waals surface area contributed by atoms with E-state index < -0.39 is 5.92 Å². The lowest BCUT2D eigenvalue weighted by Gasteiger charge is -2.20. The first kappa shape index (κ1) is 12.9. The van der Waals surface area contributed by atoms with Gasteiger partial charge in [-0.25, -0.2) is 8.78 Å². The summed E-state index contributed by atoms with van der Waals surface area (Å²) in [5.74, 6) is -2.24. The summed E-state index contributed by atoms with van der Waals surface area (Å²) < 4.78 is 32.5. The lowest BCUT2D eigenvalue weighted by molar-refractivity contribution is -0.0114. The van der Waals surface area contributed by atoms with Crippen LogP contribution in [0.5, 0.6) is 5.75 Å². The Labute approximate surface area is 94.4 Å². The maximum absolute atomic E-state index is 13.7. The van der Waals surface area contributed by atoms with E-state index in [0.717, 1.165) is 5.56 Å². The van der Waals surface area contributed by atoms with Crippen LogP contribution in [0.3, 0.4) is 0 Å². The van der Waals surface area contributed by atoms with E-state index in [4.69, 9.17) is 10.5 Å². The Kier molecular flexibility index (Phi) is 3.86. The van der Waals surface area contributed by atoms with Crippen molar-refractivity contribution in [3.63, 3.8) is 0 Å². The Hall–Kier alpha value is -1.16. The molecule has 0 unspecified atom stereocenters. The van der Waals surface area contributed by atoms with E-state index in [1.165, 1.54) is 13.2 Å². The fourth-order valence-corrected chi connectivity index (χ4v) is 1.73. The number of rotatable bonds is 4. The Morgan fingerprint density at radius 3 is 2.38 bits per heavy atom. The third-order valence-electron chi connectivity index (χ3n) is 2.81. The zero-order valence-corrected chi connectivity index (χ0v) is 9.81. The summed E-state index contributed by atoms with van der Waals surface area (Å²) in [6.45, 7) is 3.42. The number of methoxy groups -OCH3 is 1. The van der Waals surface area contributed by atoms with Crippen molar-refractivity contribution < 1.29 is 13.5 Å². The topological polar surface area (TPSA) is 35.2 Å². The number of halogens is 2. The summed E-state index contributed by atoms with van der Waals surface area (Å²) in [6, 6.07) is 2.99. The van der Waals surface area contributed by atoms with Gasteiger partial charge >= 0.3 is 0 Å².